The molecule has 0 aromatic heterocycles. The van der Waals surface area contributed by atoms with Crippen LogP contribution in [0.5, 0.6) is 0 Å². The predicted octanol–water partition coefficient (Wildman–Crippen LogP) is 2.90. The Morgan fingerprint density at radius 2 is 1.92 bits per heavy atom. The average molecular weight is 278 g/mol. The summed E-state index contributed by atoms with van der Waals surface area (Å²) < 4.78 is 21.9. The zero-order valence-corrected chi connectivity index (χ0v) is 9.95. The Balaban J connectivity index is 3.27. The molecule has 1 rings (SSSR count). The third-order valence-corrected chi connectivity index (χ3v) is 4.02. The Morgan fingerprint density at radius 1 is 1.38 bits per heavy atom. The van der Waals surface area contributed by atoms with Crippen molar-refractivity contribution >= 4 is 60.0 Å². The third-order valence-electron chi connectivity index (χ3n) is 1.37. The largest absolute Gasteiger partial charge is 0.262 e. The molecule has 0 N–H and O–H groups in total. The molecule has 1 aliphatic rings. The average Bonchev–Trinajstić information content (AvgIpc) is 1.94. The van der Waals surface area contributed by atoms with Gasteiger partial charge in [0.05, 0.1) is 9.94 Å². The minimum Gasteiger partial charge on any atom is -0.207 e. The first kappa shape index (κ1) is 11.5. The molecule has 0 heterocycles. The first-order chi connectivity index (χ1) is 5.82. The van der Waals surface area contributed by atoms with Crippen molar-refractivity contribution in [1.82, 2.24) is 0 Å². The molecule has 72 valence electrons. The minimum absolute atomic E-state index is 0.140. The molecular weight excluding hydrogens is 275 g/mol. The van der Waals surface area contributed by atoms with Gasteiger partial charge in [-0.15, -0.1) is 0 Å². The number of rotatable bonds is 1. The van der Waals surface area contributed by atoms with Crippen LogP contribution in [-0.2, 0) is 9.05 Å². The van der Waals surface area contributed by atoms with Crippen LogP contribution in [0, 0.1) is 0 Å². The first-order valence-electron chi connectivity index (χ1n) is 3.06. The molecule has 0 radical (unpaired) electrons. The maximum absolute atomic E-state index is 10.9. The van der Waals surface area contributed by atoms with E-state index in [0.717, 1.165) is 6.08 Å². The molecule has 0 aromatic carbocycles. The van der Waals surface area contributed by atoms with Gasteiger partial charge in [-0.2, -0.15) is 0 Å². The number of hydrogen-bond donors (Lipinski definition) is 0. The Labute approximate surface area is 95.6 Å². The molecule has 0 spiro atoms. The quantitative estimate of drug-likeness (QED) is 0.546. The topological polar surface area (TPSA) is 34.1 Å². The van der Waals surface area contributed by atoms with E-state index in [0.29, 0.717) is 5.03 Å². The Hall–Kier alpha value is 0.390. The molecule has 0 atom stereocenters. The zero-order valence-electron chi connectivity index (χ0n) is 6.05. The first-order valence-corrected chi connectivity index (χ1v) is 6.53. The Morgan fingerprint density at radius 3 is 2.38 bits per heavy atom. The summed E-state index contributed by atoms with van der Waals surface area (Å²) in [5.41, 5.74) is 0. The van der Waals surface area contributed by atoms with Crippen molar-refractivity contribution in [3.63, 3.8) is 0 Å². The van der Waals surface area contributed by atoms with E-state index in [1.165, 1.54) is 0 Å². The van der Waals surface area contributed by atoms with Gasteiger partial charge in [-0.1, -0.05) is 35.4 Å². The highest BCUT2D eigenvalue weighted by Crippen LogP contribution is 2.31. The summed E-state index contributed by atoms with van der Waals surface area (Å²) in [5, 5.41) is 0.491. The van der Waals surface area contributed by atoms with Crippen molar-refractivity contribution < 1.29 is 8.42 Å². The van der Waals surface area contributed by atoms with E-state index >= 15 is 0 Å². The van der Waals surface area contributed by atoms with Gasteiger partial charge in [0.2, 0.25) is 0 Å². The molecule has 0 saturated carbocycles. The lowest BCUT2D eigenvalue weighted by Crippen LogP contribution is -2.10. The summed E-state index contributed by atoms with van der Waals surface area (Å²) in [6.45, 7) is 0. The summed E-state index contributed by atoms with van der Waals surface area (Å²) in [6.07, 6.45) is 1.31. The molecule has 0 amide bonds. The van der Waals surface area contributed by atoms with Crippen molar-refractivity contribution in [1.29, 1.82) is 0 Å². The lowest BCUT2D eigenvalue weighted by atomic mass is 10.2. The van der Waals surface area contributed by atoms with E-state index < -0.39 is 9.05 Å². The minimum atomic E-state index is -3.82. The smallest absolute Gasteiger partial charge is 0.207 e. The van der Waals surface area contributed by atoms with Crippen LogP contribution in [0.3, 0.4) is 0 Å². The standard InChI is InChI=1S/C6H3Cl3O2S2/c7-3-1-5(12)6(2-4(3)8)13(9,10)11/h2H,1H2. The second-order valence-electron chi connectivity index (χ2n) is 2.30. The molecule has 0 fully saturated rings. The molecule has 0 bridgehead atoms. The van der Waals surface area contributed by atoms with Crippen LogP contribution in [0.1, 0.15) is 6.42 Å². The summed E-state index contributed by atoms with van der Waals surface area (Å²) in [7, 11) is 1.30. The lowest BCUT2D eigenvalue weighted by molar-refractivity contribution is 0.616. The number of thiocarbonyl (C=S) groups is 1. The van der Waals surface area contributed by atoms with Gasteiger partial charge in [0.25, 0.3) is 9.05 Å². The summed E-state index contributed by atoms with van der Waals surface area (Å²) >= 11 is 16.1. The van der Waals surface area contributed by atoms with E-state index in [4.69, 9.17) is 46.1 Å². The second-order valence-corrected chi connectivity index (χ2v) is 6.19. The van der Waals surface area contributed by atoms with E-state index in [1.807, 2.05) is 0 Å². The van der Waals surface area contributed by atoms with Crippen LogP contribution in [-0.4, -0.2) is 13.3 Å². The summed E-state index contributed by atoms with van der Waals surface area (Å²) in [6, 6.07) is 0. The molecule has 0 unspecified atom stereocenters. The molecule has 0 saturated heterocycles. The van der Waals surface area contributed by atoms with Gasteiger partial charge in [-0.05, 0) is 6.08 Å². The van der Waals surface area contributed by atoms with E-state index in [2.05, 4.69) is 0 Å². The highest BCUT2D eigenvalue weighted by atomic mass is 35.7. The fourth-order valence-corrected chi connectivity index (χ4v) is 2.99. The van der Waals surface area contributed by atoms with Crippen LogP contribution in [0.25, 0.3) is 0 Å². The zero-order chi connectivity index (χ0) is 10.2. The molecule has 0 aliphatic heterocycles. The van der Waals surface area contributed by atoms with Crippen molar-refractivity contribution in [2.24, 2.45) is 0 Å². The van der Waals surface area contributed by atoms with Gasteiger partial charge in [-0.3, -0.25) is 0 Å². The lowest BCUT2D eigenvalue weighted by Gasteiger charge is -2.11. The fourth-order valence-electron chi connectivity index (χ4n) is 0.793. The monoisotopic (exact) mass is 276 g/mol. The molecule has 2 nitrogen and oxygen atoms in total. The van der Waals surface area contributed by atoms with Gasteiger partial charge in [0.15, 0.2) is 0 Å². The summed E-state index contributed by atoms with van der Waals surface area (Å²) in [5.74, 6) is 0. The predicted molar refractivity (Wildman–Crippen MR) is 58.8 cm³/mol. The SMILES string of the molecule is O=S(=O)(Cl)C1=CC(Cl)=C(Cl)CC1=S. The molecule has 7 heteroatoms. The molecule has 0 aromatic rings. The summed E-state index contributed by atoms with van der Waals surface area (Å²) in [4.78, 5) is 0.0444. The van der Waals surface area contributed by atoms with Gasteiger partial charge in [-0.25, -0.2) is 8.42 Å². The Kier molecular flexibility index (Phi) is 3.41. The van der Waals surface area contributed by atoms with Gasteiger partial charge >= 0.3 is 0 Å². The van der Waals surface area contributed by atoms with Crippen molar-refractivity contribution in [3.8, 4) is 0 Å². The van der Waals surface area contributed by atoms with Crippen molar-refractivity contribution in [3.05, 3.63) is 21.0 Å². The highest BCUT2D eigenvalue weighted by Gasteiger charge is 2.24. The number of halogens is 3. The number of hydrogen-bond acceptors (Lipinski definition) is 3. The van der Waals surface area contributed by atoms with E-state index in [9.17, 15) is 8.42 Å². The second kappa shape index (κ2) is 3.87. The number of allylic oxidation sites excluding steroid dienone is 4. The van der Waals surface area contributed by atoms with Gasteiger partial charge < -0.3 is 0 Å². The van der Waals surface area contributed by atoms with Crippen LogP contribution in [0.4, 0.5) is 0 Å². The maximum Gasteiger partial charge on any atom is 0.262 e. The normalized spacial score (nSPS) is 19.0. The Bertz CT molecular complexity index is 419. The van der Waals surface area contributed by atoms with Crippen LogP contribution >= 0.6 is 46.1 Å². The van der Waals surface area contributed by atoms with Crippen molar-refractivity contribution in [2.75, 3.05) is 0 Å². The molecule has 13 heavy (non-hydrogen) atoms. The third kappa shape index (κ3) is 2.67. The van der Waals surface area contributed by atoms with Crippen LogP contribution in [0.15, 0.2) is 21.0 Å². The molecular formula is C6H3Cl3O2S2. The van der Waals surface area contributed by atoms with Crippen LogP contribution < -0.4 is 0 Å². The van der Waals surface area contributed by atoms with Gasteiger partial charge in [0, 0.05) is 27.0 Å². The maximum atomic E-state index is 10.9. The van der Waals surface area contributed by atoms with E-state index in [-0.39, 0.29) is 21.2 Å². The highest BCUT2D eigenvalue weighted by molar-refractivity contribution is 8.18. The molecule has 1 aliphatic carbocycles. The van der Waals surface area contributed by atoms with Crippen molar-refractivity contribution in [2.45, 2.75) is 6.42 Å². The van der Waals surface area contributed by atoms with Crippen LogP contribution in [0.2, 0.25) is 0 Å². The fraction of sp³-hybridized carbons (Fsp3) is 0.167. The van der Waals surface area contributed by atoms with E-state index in [1.54, 1.807) is 0 Å². The van der Waals surface area contributed by atoms with Gasteiger partial charge in [0.1, 0.15) is 0 Å².